The first-order valence-electron chi connectivity index (χ1n) is 9.06. The van der Waals surface area contributed by atoms with Crippen molar-refractivity contribution in [1.29, 1.82) is 0 Å². The third-order valence-corrected chi connectivity index (χ3v) is 6.46. The number of hydrogen-bond acceptors (Lipinski definition) is 5. The van der Waals surface area contributed by atoms with Crippen molar-refractivity contribution >= 4 is 21.9 Å². The minimum absolute atomic E-state index is 0.0190. The summed E-state index contributed by atoms with van der Waals surface area (Å²) in [5, 5.41) is 6.14. The number of sulfonamides is 1. The number of carbonyl (C=O) groups excluding carboxylic acids is 1. The molecule has 0 aromatic carbocycles. The molecule has 3 rings (SSSR count). The van der Waals surface area contributed by atoms with Crippen LogP contribution < -0.4 is 15.4 Å². The van der Waals surface area contributed by atoms with Gasteiger partial charge in [0.2, 0.25) is 15.9 Å². The average molecular weight is 395 g/mol. The molecule has 3 heterocycles. The number of aromatic nitrogens is 1. The van der Waals surface area contributed by atoms with Gasteiger partial charge >= 0.3 is 0 Å². The van der Waals surface area contributed by atoms with Gasteiger partial charge in [0.05, 0.1) is 0 Å². The molecule has 3 N–H and O–H groups in total. The van der Waals surface area contributed by atoms with Crippen LogP contribution in [0.5, 0.6) is 0 Å². The maximum absolute atomic E-state index is 12.2. The number of nitrogens with zero attached hydrogens (tertiary/aromatic N) is 3. The van der Waals surface area contributed by atoms with Gasteiger partial charge in [-0.1, -0.05) is 0 Å². The number of carbonyl (C=O) groups is 1. The number of rotatable bonds is 5. The van der Waals surface area contributed by atoms with E-state index in [2.05, 4.69) is 30.2 Å². The van der Waals surface area contributed by atoms with Crippen LogP contribution in [0.25, 0.3) is 0 Å². The normalized spacial score (nSPS) is 23.5. The fraction of sp³-hybridized carbons (Fsp3) is 0.588. The zero-order valence-electron chi connectivity index (χ0n) is 15.4. The summed E-state index contributed by atoms with van der Waals surface area (Å²) in [5.41, 5.74) is -0.0190. The highest BCUT2D eigenvalue weighted by molar-refractivity contribution is 7.89. The van der Waals surface area contributed by atoms with Gasteiger partial charge < -0.3 is 15.5 Å². The zero-order valence-corrected chi connectivity index (χ0v) is 16.3. The zero-order chi connectivity index (χ0) is 19.3. The summed E-state index contributed by atoms with van der Waals surface area (Å²) < 4.78 is 26.9. The van der Waals surface area contributed by atoms with Gasteiger partial charge in [0.15, 0.2) is 5.96 Å². The molecule has 1 amide bonds. The molecule has 9 nitrogen and oxygen atoms in total. The summed E-state index contributed by atoms with van der Waals surface area (Å²) in [6.07, 6.45) is 5.45. The molecule has 2 aliphatic heterocycles. The summed E-state index contributed by atoms with van der Waals surface area (Å²) in [7, 11) is -1.86. The second-order valence-corrected chi connectivity index (χ2v) is 8.81. The number of amides is 1. The Kier molecular flexibility index (Phi) is 5.95. The lowest BCUT2D eigenvalue weighted by molar-refractivity contribution is -0.119. The molecule has 2 fully saturated rings. The number of hydrogen-bond donors (Lipinski definition) is 3. The second-order valence-electron chi connectivity index (χ2n) is 7.04. The summed E-state index contributed by atoms with van der Waals surface area (Å²) in [6, 6.07) is 3.09. The fourth-order valence-corrected chi connectivity index (χ4v) is 4.71. The Labute approximate surface area is 159 Å². The minimum Gasteiger partial charge on any atom is -0.355 e. The standard InChI is InChI=1S/C17H26N6O3S/c1-18-16(23-9-3-5-17(13-23)10-15(24)21-12-17)20-7-8-22-27(25,26)14-4-2-6-19-11-14/h2,4,6,11,22H,3,5,7-10,12-13H2,1H3,(H,18,20)(H,21,24). The third-order valence-electron chi connectivity index (χ3n) is 5.01. The smallest absolute Gasteiger partial charge is 0.242 e. The van der Waals surface area contributed by atoms with Crippen LogP contribution in [0.2, 0.25) is 0 Å². The van der Waals surface area contributed by atoms with Crippen LogP contribution in [0.15, 0.2) is 34.4 Å². The van der Waals surface area contributed by atoms with Gasteiger partial charge in [-0.05, 0) is 25.0 Å². The topological polar surface area (TPSA) is 116 Å². The van der Waals surface area contributed by atoms with Crippen LogP contribution in [-0.4, -0.2) is 69.9 Å². The number of guanidine groups is 1. The number of pyridine rings is 1. The molecule has 2 aliphatic rings. The molecule has 1 aromatic heterocycles. The maximum Gasteiger partial charge on any atom is 0.242 e. The van der Waals surface area contributed by atoms with Crippen molar-refractivity contribution in [2.24, 2.45) is 10.4 Å². The van der Waals surface area contributed by atoms with E-state index in [1.807, 2.05) is 0 Å². The highest BCUT2D eigenvalue weighted by atomic mass is 32.2. The van der Waals surface area contributed by atoms with E-state index in [-0.39, 0.29) is 22.8 Å². The molecule has 0 radical (unpaired) electrons. The van der Waals surface area contributed by atoms with E-state index in [0.29, 0.717) is 19.5 Å². The van der Waals surface area contributed by atoms with E-state index in [0.717, 1.165) is 31.9 Å². The van der Waals surface area contributed by atoms with Crippen LogP contribution >= 0.6 is 0 Å². The van der Waals surface area contributed by atoms with E-state index < -0.39 is 10.0 Å². The number of likely N-dealkylation sites (tertiary alicyclic amines) is 1. The molecule has 1 spiro atoms. The van der Waals surface area contributed by atoms with Crippen molar-refractivity contribution in [3.05, 3.63) is 24.5 Å². The molecule has 27 heavy (non-hydrogen) atoms. The summed E-state index contributed by atoms with van der Waals surface area (Å²) >= 11 is 0. The first-order chi connectivity index (χ1) is 12.9. The monoisotopic (exact) mass is 394 g/mol. The predicted molar refractivity (Wildman–Crippen MR) is 102 cm³/mol. The number of piperidine rings is 1. The lowest BCUT2D eigenvalue weighted by Gasteiger charge is -2.40. The van der Waals surface area contributed by atoms with Gasteiger partial charge in [-0.25, -0.2) is 13.1 Å². The van der Waals surface area contributed by atoms with E-state index in [4.69, 9.17) is 0 Å². The molecule has 0 aliphatic carbocycles. The molecule has 1 aromatic rings. The van der Waals surface area contributed by atoms with Crippen LogP contribution in [0.1, 0.15) is 19.3 Å². The Morgan fingerprint density at radius 1 is 1.44 bits per heavy atom. The Bertz CT molecular complexity index is 798. The highest BCUT2D eigenvalue weighted by Gasteiger charge is 2.42. The molecule has 0 bridgehead atoms. The average Bonchev–Trinajstić information content (AvgIpc) is 3.02. The minimum atomic E-state index is -3.57. The summed E-state index contributed by atoms with van der Waals surface area (Å²) in [4.78, 5) is 22.1. The van der Waals surface area contributed by atoms with Crippen molar-refractivity contribution in [3.8, 4) is 0 Å². The first-order valence-corrected chi connectivity index (χ1v) is 10.5. The number of aliphatic imine (C=N–C) groups is 1. The Morgan fingerprint density at radius 2 is 2.30 bits per heavy atom. The number of nitrogens with one attached hydrogen (secondary N) is 3. The van der Waals surface area contributed by atoms with E-state index in [1.54, 1.807) is 13.1 Å². The predicted octanol–water partition coefficient (Wildman–Crippen LogP) is -0.463. The van der Waals surface area contributed by atoms with Crippen molar-refractivity contribution in [3.63, 3.8) is 0 Å². The molecule has 10 heteroatoms. The largest absolute Gasteiger partial charge is 0.355 e. The Balaban J connectivity index is 1.50. The van der Waals surface area contributed by atoms with Gasteiger partial charge in [0, 0.05) is 64.0 Å². The quantitative estimate of drug-likeness (QED) is 0.354. The molecule has 148 valence electrons. The van der Waals surface area contributed by atoms with E-state index >= 15 is 0 Å². The van der Waals surface area contributed by atoms with Crippen LogP contribution in [0, 0.1) is 5.41 Å². The molecule has 1 atom stereocenters. The molecule has 0 saturated carbocycles. The lowest BCUT2D eigenvalue weighted by atomic mass is 9.79. The van der Waals surface area contributed by atoms with Crippen molar-refractivity contribution in [2.75, 3.05) is 39.8 Å². The van der Waals surface area contributed by atoms with Gasteiger partial charge in [0.1, 0.15) is 4.90 Å². The van der Waals surface area contributed by atoms with Gasteiger partial charge in [-0.15, -0.1) is 0 Å². The van der Waals surface area contributed by atoms with Gasteiger partial charge in [0.25, 0.3) is 0 Å². The highest BCUT2D eigenvalue weighted by Crippen LogP contribution is 2.35. The Hall–Kier alpha value is -2.20. The fourth-order valence-electron chi connectivity index (χ4n) is 3.71. The Morgan fingerprint density at radius 3 is 2.96 bits per heavy atom. The van der Waals surface area contributed by atoms with Crippen LogP contribution in [0.4, 0.5) is 0 Å². The summed E-state index contributed by atoms with van der Waals surface area (Å²) in [6.45, 7) is 3.00. The van der Waals surface area contributed by atoms with Crippen molar-refractivity contribution in [2.45, 2.75) is 24.2 Å². The van der Waals surface area contributed by atoms with E-state index in [1.165, 1.54) is 18.5 Å². The van der Waals surface area contributed by atoms with Crippen LogP contribution in [-0.2, 0) is 14.8 Å². The third kappa shape index (κ3) is 4.75. The van der Waals surface area contributed by atoms with Gasteiger partial charge in [-0.2, -0.15) is 0 Å². The molecular formula is C17H26N6O3S. The van der Waals surface area contributed by atoms with Crippen LogP contribution in [0.3, 0.4) is 0 Å². The summed E-state index contributed by atoms with van der Waals surface area (Å²) in [5.74, 6) is 0.846. The molecule has 1 unspecified atom stereocenters. The first kappa shape index (κ1) is 19.6. The lowest BCUT2D eigenvalue weighted by Crippen LogP contribution is -2.52. The SMILES string of the molecule is CN=C(NCCNS(=O)(=O)c1cccnc1)N1CCCC2(CNC(=O)C2)C1. The van der Waals surface area contributed by atoms with Crippen molar-refractivity contribution in [1.82, 2.24) is 25.2 Å². The van der Waals surface area contributed by atoms with Crippen molar-refractivity contribution < 1.29 is 13.2 Å². The molecule has 2 saturated heterocycles. The van der Waals surface area contributed by atoms with E-state index in [9.17, 15) is 13.2 Å². The molecular weight excluding hydrogens is 368 g/mol. The second kappa shape index (κ2) is 8.22. The van der Waals surface area contributed by atoms with Gasteiger partial charge in [-0.3, -0.25) is 14.8 Å². The maximum atomic E-state index is 12.2.